The molecule has 1 aromatic rings. The van der Waals surface area contributed by atoms with Crippen molar-refractivity contribution in [3.05, 3.63) is 35.4 Å². The van der Waals surface area contributed by atoms with Gasteiger partial charge in [0.15, 0.2) is 5.78 Å². The fourth-order valence-electron chi connectivity index (χ4n) is 3.87. The summed E-state index contributed by atoms with van der Waals surface area (Å²) in [6.45, 7) is 9.10. The van der Waals surface area contributed by atoms with Crippen molar-refractivity contribution in [3.63, 3.8) is 0 Å². The summed E-state index contributed by atoms with van der Waals surface area (Å²) in [5.74, 6) is -0.0459. The second kappa shape index (κ2) is 11.8. The van der Waals surface area contributed by atoms with Gasteiger partial charge in [-0.1, -0.05) is 52.0 Å². The summed E-state index contributed by atoms with van der Waals surface area (Å²) in [5.41, 5.74) is 2.40. The number of ether oxygens (including phenoxy) is 1. The second-order valence-corrected chi connectivity index (χ2v) is 9.16. The van der Waals surface area contributed by atoms with Crippen molar-refractivity contribution in [1.29, 1.82) is 0 Å². The van der Waals surface area contributed by atoms with Crippen molar-refractivity contribution >= 4 is 17.7 Å². The number of Topliss-reactive ketones (excluding diaryl/α,β-unsaturated/α-hetero) is 1. The Labute approximate surface area is 185 Å². The third-order valence-electron chi connectivity index (χ3n) is 5.44. The van der Waals surface area contributed by atoms with Crippen molar-refractivity contribution in [1.82, 2.24) is 15.5 Å². The number of urea groups is 1. The maximum atomic E-state index is 13.1. The van der Waals surface area contributed by atoms with Crippen LogP contribution in [0.1, 0.15) is 51.7 Å². The fourth-order valence-corrected chi connectivity index (χ4v) is 3.87. The molecule has 1 aliphatic heterocycles. The molecule has 172 valence electrons. The minimum Gasteiger partial charge on any atom is -0.377 e. The summed E-state index contributed by atoms with van der Waals surface area (Å²) in [4.78, 5) is 40.2. The topological polar surface area (TPSA) is 87.7 Å². The lowest BCUT2D eigenvalue weighted by Gasteiger charge is -2.31. The zero-order valence-corrected chi connectivity index (χ0v) is 19.4. The molecule has 2 N–H and O–H groups in total. The van der Waals surface area contributed by atoms with Gasteiger partial charge in [-0.25, -0.2) is 4.79 Å². The van der Waals surface area contributed by atoms with Crippen LogP contribution in [0.15, 0.2) is 24.3 Å². The van der Waals surface area contributed by atoms with Crippen LogP contribution in [0, 0.1) is 11.8 Å². The highest BCUT2D eigenvalue weighted by Crippen LogP contribution is 2.19. The van der Waals surface area contributed by atoms with Gasteiger partial charge >= 0.3 is 6.03 Å². The fraction of sp³-hybridized carbons (Fsp3) is 0.625. The first-order chi connectivity index (χ1) is 14.7. The Morgan fingerprint density at radius 2 is 1.58 bits per heavy atom. The monoisotopic (exact) mass is 431 g/mol. The molecule has 31 heavy (non-hydrogen) atoms. The van der Waals surface area contributed by atoms with E-state index in [2.05, 4.69) is 16.7 Å². The van der Waals surface area contributed by atoms with E-state index in [1.807, 2.05) is 45.9 Å². The lowest BCUT2D eigenvalue weighted by Crippen LogP contribution is -2.55. The average Bonchev–Trinajstić information content (AvgIpc) is 2.71. The Morgan fingerprint density at radius 1 is 0.968 bits per heavy atom. The average molecular weight is 432 g/mol. The van der Waals surface area contributed by atoms with E-state index < -0.39 is 12.1 Å². The molecule has 0 bridgehead atoms. The van der Waals surface area contributed by atoms with Crippen LogP contribution in [-0.2, 0) is 27.3 Å². The normalized spacial score (nSPS) is 15.4. The number of benzene rings is 1. The molecule has 7 nitrogen and oxygen atoms in total. The molecule has 1 heterocycles. The maximum Gasteiger partial charge on any atom is 0.318 e. The Bertz CT molecular complexity index is 763. The summed E-state index contributed by atoms with van der Waals surface area (Å²) in [6.07, 6.45) is 1.82. The summed E-state index contributed by atoms with van der Waals surface area (Å²) in [6, 6.07) is 6.53. The highest BCUT2D eigenvalue weighted by atomic mass is 16.5. The Hall–Kier alpha value is -2.41. The summed E-state index contributed by atoms with van der Waals surface area (Å²) in [7, 11) is 1.46. The largest absolute Gasteiger partial charge is 0.377 e. The van der Waals surface area contributed by atoms with Gasteiger partial charge in [-0.2, -0.15) is 0 Å². The van der Waals surface area contributed by atoms with E-state index in [-0.39, 0.29) is 36.2 Å². The Kier molecular flexibility index (Phi) is 9.49. The van der Waals surface area contributed by atoms with Crippen molar-refractivity contribution in [3.8, 4) is 0 Å². The molecule has 0 radical (unpaired) electrons. The van der Waals surface area contributed by atoms with Gasteiger partial charge in [-0.05, 0) is 42.2 Å². The molecule has 0 spiro atoms. The molecule has 0 saturated heterocycles. The molecule has 3 amide bonds. The predicted molar refractivity (Wildman–Crippen MR) is 121 cm³/mol. The van der Waals surface area contributed by atoms with E-state index in [1.54, 1.807) is 4.90 Å². The summed E-state index contributed by atoms with van der Waals surface area (Å²) >= 11 is 0. The van der Waals surface area contributed by atoms with Gasteiger partial charge in [0.05, 0.1) is 6.04 Å². The minimum atomic E-state index is -0.699. The van der Waals surface area contributed by atoms with Crippen molar-refractivity contribution in [2.24, 2.45) is 11.8 Å². The van der Waals surface area contributed by atoms with Gasteiger partial charge in [-0.3, -0.25) is 9.59 Å². The van der Waals surface area contributed by atoms with E-state index in [0.717, 1.165) is 12.0 Å². The minimum absolute atomic E-state index is 0.0495. The van der Waals surface area contributed by atoms with E-state index in [9.17, 15) is 14.4 Å². The van der Waals surface area contributed by atoms with Crippen LogP contribution in [-0.4, -0.2) is 55.0 Å². The molecule has 0 aromatic heterocycles. The molecule has 0 unspecified atom stereocenters. The number of carbonyl (C=O) groups is 3. The zero-order valence-electron chi connectivity index (χ0n) is 19.4. The standard InChI is InChI=1S/C24H37N3O4/c1-16(2)12-20(22(28)15-31-5)25-23(29)21(13-17(3)4)26-24(30)27-11-10-18-8-6-7-9-19(18)14-27/h6-9,16-17,20-21H,10-15H2,1-5H3,(H,25,29)(H,26,30)/t20-,21-/m0/s1. The predicted octanol–water partition coefficient (Wildman–Crippen LogP) is 2.92. The van der Waals surface area contributed by atoms with Crippen molar-refractivity contribution in [2.45, 2.75) is 65.6 Å². The van der Waals surface area contributed by atoms with Crippen LogP contribution in [0.2, 0.25) is 0 Å². The molecular weight excluding hydrogens is 394 g/mol. The van der Waals surface area contributed by atoms with Crippen LogP contribution >= 0.6 is 0 Å². The quantitative estimate of drug-likeness (QED) is 0.596. The second-order valence-electron chi connectivity index (χ2n) is 9.16. The van der Waals surface area contributed by atoms with Gasteiger partial charge in [0.25, 0.3) is 0 Å². The van der Waals surface area contributed by atoms with Crippen LogP contribution in [0.3, 0.4) is 0 Å². The number of fused-ring (bicyclic) bond motifs is 1. The number of hydrogen-bond donors (Lipinski definition) is 2. The van der Waals surface area contributed by atoms with Crippen molar-refractivity contribution in [2.75, 3.05) is 20.3 Å². The first-order valence-electron chi connectivity index (χ1n) is 11.2. The molecule has 2 atom stereocenters. The first-order valence-corrected chi connectivity index (χ1v) is 11.2. The van der Waals surface area contributed by atoms with E-state index in [1.165, 1.54) is 12.7 Å². The summed E-state index contributed by atoms with van der Waals surface area (Å²) in [5, 5.41) is 5.77. The van der Waals surface area contributed by atoms with Gasteiger partial charge < -0.3 is 20.3 Å². The SMILES string of the molecule is COCC(=O)[C@H](CC(C)C)NC(=O)[C@H](CC(C)C)NC(=O)N1CCc2ccccc2C1. The van der Waals surface area contributed by atoms with Gasteiger partial charge in [-0.15, -0.1) is 0 Å². The first kappa shape index (κ1) is 24.9. The number of amides is 3. The smallest absolute Gasteiger partial charge is 0.318 e. The third kappa shape index (κ3) is 7.65. The molecule has 7 heteroatoms. The van der Waals surface area contributed by atoms with E-state index in [0.29, 0.717) is 25.9 Å². The highest BCUT2D eigenvalue weighted by Gasteiger charge is 2.29. The number of methoxy groups -OCH3 is 1. The lowest BCUT2D eigenvalue weighted by atomic mass is 9.98. The third-order valence-corrected chi connectivity index (χ3v) is 5.44. The zero-order chi connectivity index (χ0) is 23.0. The molecule has 2 rings (SSSR count). The molecule has 0 fully saturated rings. The lowest BCUT2D eigenvalue weighted by molar-refractivity contribution is -0.131. The van der Waals surface area contributed by atoms with Crippen LogP contribution in [0.5, 0.6) is 0 Å². The molecule has 0 saturated carbocycles. The van der Waals surface area contributed by atoms with Crippen LogP contribution in [0.4, 0.5) is 4.79 Å². The molecule has 0 aliphatic carbocycles. The maximum absolute atomic E-state index is 13.1. The summed E-state index contributed by atoms with van der Waals surface area (Å²) < 4.78 is 4.97. The highest BCUT2D eigenvalue weighted by molar-refractivity contribution is 5.93. The number of ketones is 1. The van der Waals surface area contributed by atoms with Gasteiger partial charge in [0, 0.05) is 20.2 Å². The Balaban J connectivity index is 2.06. The van der Waals surface area contributed by atoms with Crippen molar-refractivity contribution < 1.29 is 19.1 Å². The number of hydrogen-bond acceptors (Lipinski definition) is 4. The number of rotatable bonds is 10. The molecule has 1 aliphatic rings. The van der Waals surface area contributed by atoms with Crippen LogP contribution in [0.25, 0.3) is 0 Å². The molecule has 1 aromatic carbocycles. The number of nitrogens with one attached hydrogen (secondary N) is 2. The Morgan fingerprint density at radius 3 is 2.19 bits per heavy atom. The van der Waals surface area contributed by atoms with Gasteiger partial charge in [0.2, 0.25) is 5.91 Å². The van der Waals surface area contributed by atoms with E-state index in [4.69, 9.17) is 4.74 Å². The molecular formula is C24H37N3O4. The van der Waals surface area contributed by atoms with Crippen LogP contribution < -0.4 is 10.6 Å². The van der Waals surface area contributed by atoms with E-state index >= 15 is 0 Å². The number of carbonyl (C=O) groups excluding carboxylic acids is 3. The number of nitrogens with zero attached hydrogens (tertiary/aromatic N) is 1. The van der Waals surface area contributed by atoms with Gasteiger partial charge in [0.1, 0.15) is 12.6 Å².